The molecule has 30 heavy (non-hydrogen) atoms. The van der Waals surface area contributed by atoms with Crippen LogP contribution in [-0.4, -0.2) is 85.6 Å². The largest absolute Gasteiger partial charge is 0.483 e. The summed E-state index contributed by atoms with van der Waals surface area (Å²) in [4.78, 5) is 38.9. The molecule has 1 amide bonds. The van der Waals surface area contributed by atoms with E-state index in [1.807, 2.05) is 24.0 Å². The van der Waals surface area contributed by atoms with Crippen molar-refractivity contribution in [2.24, 2.45) is 7.05 Å². The number of fused-ring (bicyclic) bond motifs is 1. The van der Waals surface area contributed by atoms with Gasteiger partial charge in [-0.25, -0.2) is 9.78 Å². The number of carbonyl (C=O) groups is 3. The number of aliphatic hydroxyl groups excluding tert-OH is 1. The smallest absolute Gasteiger partial charge is 0.330 e. The number of ether oxygens (including phenoxy) is 1. The standard InChI is InChI=1S/C17H24N6O4.CH2O2/c1-21-8-12(7-18-21)9-22-4-3-15-19-13(10-23(15)6-5-22)16(25)20-14(11-24)17(26)27-2;2-1-3/h7-8,10,14,24H,3-6,9,11H2,1-2H3,(H,20,25);1H,(H,2,3). The van der Waals surface area contributed by atoms with Gasteiger partial charge in [0.2, 0.25) is 0 Å². The Bertz CT molecular complexity index is 838. The average Bonchev–Trinajstić information content (AvgIpc) is 3.29. The lowest BCUT2D eigenvalue weighted by atomic mass is 10.3. The maximum atomic E-state index is 12.3. The van der Waals surface area contributed by atoms with Crippen LogP contribution in [-0.2, 0) is 40.9 Å². The minimum atomic E-state index is -1.10. The summed E-state index contributed by atoms with van der Waals surface area (Å²) in [6.07, 6.45) is 6.27. The van der Waals surface area contributed by atoms with E-state index in [0.29, 0.717) is 6.42 Å². The number of aryl methyl sites for hydroxylation is 1. The molecule has 0 fully saturated rings. The Morgan fingerprint density at radius 3 is 2.67 bits per heavy atom. The second kappa shape index (κ2) is 11.1. The Hall–Kier alpha value is -3.25. The number of esters is 1. The molecule has 1 unspecified atom stereocenters. The first-order valence-corrected chi connectivity index (χ1v) is 9.25. The predicted molar refractivity (Wildman–Crippen MR) is 103 cm³/mol. The number of imidazole rings is 1. The first-order valence-electron chi connectivity index (χ1n) is 9.25. The lowest BCUT2D eigenvalue weighted by Gasteiger charge is -2.18. The van der Waals surface area contributed by atoms with Crippen LogP contribution in [0.25, 0.3) is 0 Å². The van der Waals surface area contributed by atoms with Crippen LogP contribution in [0.3, 0.4) is 0 Å². The molecule has 1 atom stereocenters. The van der Waals surface area contributed by atoms with Gasteiger partial charge in [-0.15, -0.1) is 0 Å². The molecule has 3 N–H and O–H groups in total. The number of carboxylic acid groups (broad SMARTS) is 1. The van der Waals surface area contributed by atoms with Crippen molar-refractivity contribution in [2.45, 2.75) is 25.6 Å². The van der Waals surface area contributed by atoms with E-state index in [-0.39, 0.29) is 12.2 Å². The molecule has 12 nitrogen and oxygen atoms in total. The Labute approximate surface area is 173 Å². The molecular weight excluding hydrogens is 396 g/mol. The van der Waals surface area contributed by atoms with E-state index in [1.54, 1.807) is 10.9 Å². The zero-order valence-corrected chi connectivity index (χ0v) is 16.9. The Morgan fingerprint density at radius 2 is 2.07 bits per heavy atom. The van der Waals surface area contributed by atoms with Crippen LogP contribution in [0.1, 0.15) is 21.9 Å². The molecule has 3 rings (SSSR count). The van der Waals surface area contributed by atoms with E-state index < -0.39 is 24.5 Å². The third-order valence-electron chi connectivity index (χ3n) is 4.54. The fourth-order valence-corrected chi connectivity index (χ4v) is 3.10. The zero-order chi connectivity index (χ0) is 22.1. The van der Waals surface area contributed by atoms with Crippen LogP contribution in [0, 0.1) is 0 Å². The highest BCUT2D eigenvalue weighted by Gasteiger charge is 2.24. The molecule has 0 bridgehead atoms. The van der Waals surface area contributed by atoms with Gasteiger partial charge in [-0.2, -0.15) is 5.10 Å². The van der Waals surface area contributed by atoms with Crippen LogP contribution < -0.4 is 5.32 Å². The lowest BCUT2D eigenvalue weighted by molar-refractivity contribution is -0.143. The van der Waals surface area contributed by atoms with Crippen molar-refractivity contribution in [1.82, 2.24) is 29.5 Å². The first kappa shape index (κ1) is 23.0. The van der Waals surface area contributed by atoms with Crippen molar-refractivity contribution in [2.75, 3.05) is 26.8 Å². The summed E-state index contributed by atoms with van der Waals surface area (Å²) < 4.78 is 8.30. The number of amides is 1. The van der Waals surface area contributed by atoms with Gasteiger partial charge in [0.25, 0.3) is 12.4 Å². The number of aromatic nitrogens is 4. The fourth-order valence-electron chi connectivity index (χ4n) is 3.10. The van der Waals surface area contributed by atoms with Gasteiger partial charge in [0.15, 0.2) is 6.04 Å². The first-order chi connectivity index (χ1) is 14.4. The molecule has 2 aromatic heterocycles. The molecule has 0 aliphatic carbocycles. The van der Waals surface area contributed by atoms with Crippen molar-refractivity contribution in [3.8, 4) is 0 Å². The molecule has 12 heteroatoms. The molecule has 0 saturated carbocycles. The van der Waals surface area contributed by atoms with Crippen molar-refractivity contribution in [3.63, 3.8) is 0 Å². The monoisotopic (exact) mass is 422 g/mol. The summed E-state index contributed by atoms with van der Waals surface area (Å²) in [6.45, 7) is 2.42. The molecule has 0 spiro atoms. The van der Waals surface area contributed by atoms with E-state index in [0.717, 1.165) is 37.6 Å². The fraction of sp³-hybridized carbons (Fsp3) is 0.500. The van der Waals surface area contributed by atoms with E-state index in [1.165, 1.54) is 7.11 Å². The van der Waals surface area contributed by atoms with Crippen LogP contribution in [0.4, 0.5) is 0 Å². The second-order valence-electron chi connectivity index (χ2n) is 6.62. The maximum absolute atomic E-state index is 12.3. The van der Waals surface area contributed by atoms with Gasteiger partial charge in [-0.3, -0.25) is 19.2 Å². The highest BCUT2D eigenvalue weighted by molar-refractivity contribution is 5.95. The molecule has 0 saturated heterocycles. The van der Waals surface area contributed by atoms with E-state index in [9.17, 15) is 14.7 Å². The maximum Gasteiger partial charge on any atom is 0.330 e. The number of aliphatic hydroxyl groups is 1. The number of hydrogen-bond acceptors (Lipinski definition) is 8. The van der Waals surface area contributed by atoms with E-state index >= 15 is 0 Å². The second-order valence-corrected chi connectivity index (χ2v) is 6.62. The quantitative estimate of drug-likeness (QED) is 0.378. The van der Waals surface area contributed by atoms with Gasteiger partial charge in [0, 0.05) is 57.6 Å². The molecule has 1 aliphatic rings. The third-order valence-corrected chi connectivity index (χ3v) is 4.54. The van der Waals surface area contributed by atoms with Crippen LogP contribution in [0.2, 0.25) is 0 Å². The molecule has 0 radical (unpaired) electrons. The van der Waals surface area contributed by atoms with E-state index in [2.05, 4.69) is 25.0 Å². The Balaban J connectivity index is 0.00000101. The Kier molecular flexibility index (Phi) is 8.50. The zero-order valence-electron chi connectivity index (χ0n) is 16.9. The van der Waals surface area contributed by atoms with Crippen molar-refractivity contribution in [3.05, 3.63) is 35.7 Å². The summed E-state index contributed by atoms with van der Waals surface area (Å²) in [5.41, 5.74) is 1.39. The van der Waals surface area contributed by atoms with Crippen molar-refractivity contribution < 1.29 is 29.3 Å². The van der Waals surface area contributed by atoms with Gasteiger partial charge < -0.3 is 24.8 Å². The average molecular weight is 422 g/mol. The van der Waals surface area contributed by atoms with Gasteiger partial charge >= 0.3 is 5.97 Å². The summed E-state index contributed by atoms with van der Waals surface area (Å²) in [6, 6.07) is -1.10. The number of nitrogens with zero attached hydrogens (tertiary/aromatic N) is 5. The van der Waals surface area contributed by atoms with Gasteiger partial charge in [-0.1, -0.05) is 0 Å². The summed E-state index contributed by atoms with van der Waals surface area (Å²) in [5.74, 6) is -0.377. The van der Waals surface area contributed by atoms with Gasteiger partial charge in [-0.05, 0) is 0 Å². The number of hydrogen-bond donors (Lipinski definition) is 3. The number of rotatable bonds is 6. The van der Waals surface area contributed by atoms with Crippen LogP contribution >= 0.6 is 0 Å². The van der Waals surface area contributed by atoms with Crippen molar-refractivity contribution in [1.29, 1.82) is 0 Å². The van der Waals surface area contributed by atoms with E-state index in [4.69, 9.17) is 9.90 Å². The third kappa shape index (κ3) is 6.12. The SMILES string of the molecule is COC(=O)C(CO)NC(=O)c1cn2c(n1)CCN(Cc1cnn(C)c1)CC2.O=CO. The van der Waals surface area contributed by atoms with Gasteiger partial charge in [0.05, 0.1) is 19.9 Å². The molecule has 1 aliphatic heterocycles. The normalized spacial score (nSPS) is 14.5. The summed E-state index contributed by atoms with van der Waals surface area (Å²) in [5, 5.41) is 22.7. The highest BCUT2D eigenvalue weighted by atomic mass is 16.5. The molecule has 0 aromatic carbocycles. The van der Waals surface area contributed by atoms with Gasteiger partial charge in [0.1, 0.15) is 11.5 Å². The van der Waals surface area contributed by atoms with Crippen LogP contribution in [0.15, 0.2) is 18.6 Å². The minimum absolute atomic E-state index is 0.230. The molecule has 164 valence electrons. The predicted octanol–water partition coefficient (Wildman–Crippen LogP) is -1.36. The highest BCUT2D eigenvalue weighted by Crippen LogP contribution is 2.13. The topological polar surface area (TPSA) is 152 Å². The lowest BCUT2D eigenvalue weighted by Crippen LogP contribution is -2.44. The van der Waals surface area contributed by atoms with Crippen LogP contribution in [0.5, 0.6) is 0 Å². The molecule has 2 aromatic rings. The summed E-state index contributed by atoms with van der Waals surface area (Å²) >= 11 is 0. The number of carbonyl (C=O) groups excluding carboxylic acids is 2. The molecular formula is C18H26N6O6. The Morgan fingerprint density at radius 1 is 1.33 bits per heavy atom. The van der Waals surface area contributed by atoms with Crippen molar-refractivity contribution >= 4 is 18.3 Å². The number of nitrogens with one attached hydrogen (secondary N) is 1. The molecule has 3 heterocycles. The number of methoxy groups -OCH3 is 1. The summed E-state index contributed by atoms with van der Waals surface area (Å²) in [7, 11) is 3.10. The minimum Gasteiger partial charge on any atom is -0.483 e.